The third-order valence-corrected chi connectivity index (χ3v) is 6.91. The van der Waals surface area contributed by atoms with Gasteiger partial charge in [-0.3, -0.25) is 9.69 Å². The molecule has 4 nitrogen and oxygen atoms in total. The number of rotatable bonds is 5. The van der Waals surface area contributed by atoms with E-state index < -0.39 is 0 Å². The van der Waals surface area contributed by atoms with Crippen molar-refractivity contribution in [3.63, 3.8) is 0 Å². The fourth-order valence-electron chi connectivity index (χ4n) is 5.20. The van der Waals surface area contributed by atoms with Gasteiger partial charge in [-0.15, -0.1) is 0 Å². The van der Waals surface area contributed by atoms with Gasteiger partial charge in [0.05, 0.1) is 7.11 Å². The third-order valence-electron chi connectivity index (χ3n) is 6.91. The van der Waals surface area contributed by atoms with Crippen molar-refractivity contribution in [2.75, 3.05) is 34.3 Å². The zero-order chi connectivity index (χ0) is 20.4. The molecule has 1 spiro atoms. The Hall–Kier alpha value is -2.33. The minimum Gasteiger partial charge on any atom is -0.497 e. The monoisotopic (exact) mass is 392 g/mol. The fourth-order valence-corrected chi connectivity index (χ4v) is 5.20. The van der Waals surface area contributed by atoms with Crippen LogP contribution in [0.15, 0.2) is 48.5 Å². The lowest BCUT2D eigenvalue weighted by Crippen LogP contribution is -2.41. The number of fused-ring (bicyclic) bond motifs is 2. The van der Waals surface area contributed by atoms with Gasteiger partial charge in [0.25, 0.3) is 0 Å². The van der Waals surface area contributed by atoms with Crippen molar-refractivity contribution in [2.24, 2.45) is 0 Å². The van der Waals surface area contributed by atoms with Gasteiger partial charge in [0.15, 0.2) is 0 Å². The number of ether oxygens (including phenoxy) is 1. The first-order valence-corrected chi connectivity index (χ1v) is 10.7. The lowest BCUT2D eigenvalue weighted by atomic mass is 9.73. The van der Waals surface area contributed by atoms with Crippen LogP contribution in [0.5, 0.6) is 5.75 Å². The summed E-state index contributed by atoms with van der Waals surface area (Å²) in [6, 6.07) is 17.3. The first kappa shape index (κ1) is 20.0. The van der Waals surface area contributed by atoms with E-state index in [1.165, 1.54) is 29.5 Å². The van der Waals surface area contributed by atoms with E-state index in [1.54, 1.807) is 12.0 Å². The van der Waals surface area contributed by atoms with Gasteiger partial charge in [0.1, 0.15) is 5.75 Å². The van der Waals surface area contributed by atoms with Crippen molar-refractivity contribution in [1.82, 2.24) is 9.80 Å². The molecule has 2 aromatic carbocycles. The van der Waals surface area contributed by atoms with Gasteiger partial charge in [-0.05, 0) is 72.5 Å². The Bertz CT molecular complexity index is 851. The number of benzene rings is 2. The molecule has 1 saturated heterocycles. The summed E-state index contributed by atoms with van der Waals surface area (Å²) < 4.78 is 5.27. The number of carbonyl (C=O) groups is 1. The van der Waals surface area contributed by atoms with Crippen LogP contribution in [-0.4, -0.2) is 50.0 Å². The van der Waals surface area contributed by atoms with Gasteiger partial charge in [0.2, 0.25) is 5.91 Å². The van der Waals surface area contributed by atoms with E-state index in [9.17, 15) is 4.79 Å². The van der Waals surface area contributed by atoms with Gasteiger partial charge in [-0.25, -0.2) is 0 Å². The molecule has 1 heterocycles. The summed E-state index contributed by atoms with van der Waals surface area (Å²) in [5, 5.41) is 0. The molecule has 1 fully saturated rings. The number of likely N-dealkylation sites (tertiary alicyclic amines) is 1. The summed E-state index contributed by atoms with van der Waals surface area (Å²) >= 11 is 0. The zero-order valence-corrected chi connectivity index (χ0v) is 17.9. The van der Waals surface area contributed by atoms with Crippen molar-refractivity contribution in [3.05, 3.63) is 65.2 Å². The van der Waals surface area contributed by atoms with E-state index >= 15 is 0 Å². The average Bonchev–Trinajstić information content (AvgIpc) is 3.04. The maximum absolute atomic E-state index is 12.4. The average molecular weight is 393 g/mol. The van der Waals surface area contributed by atoms with E-state index in [2.05, 4.69) is 41.3 Å². The van der Waals surface area contributed by atoms with Gasteiger partial charge in [-0.1, -0.05) is 36.4 Å². The lowest BCUT2D eigenvalue weighted by Gasteiger charge is -2.40. The van der Waals surface area contributed by atoms with Crippen molar-refractivity contribution in [3.8, 4) is 5.75 Å². The normalized spacial score (nSPS) is 20.4. The third kappa shape index (κ3) is 4.04. The Kier molecular flexibility index (Phi) is 5.64. The fraction of sp³-hybridized carbons (Fsp3) is 0.480. The molecule has 29 heavy (non-hydrogen) atoms. The van der Waals surface area contributed by atoms with Crippen LogP contribution in [0.25, 0.3) is 0 Å². The molecule has 2 aliphatic rings. The summed E-state index contributed by atoms with van der Waals surface area (Å²) in [6.07, 6.45) is 4.09. The molecule has 1 amide bonds. The molecule has 0 unspecified atom stereocenters. The maximum atomic E-state index is 12.4. The molecule has 1 aliphatic heterocycles. The molecule has 154 valence electrons. The highest BCUT2D eigenvalue weighted by atomic mass is 16.5. The van der Waals surface area contributed by atoms with Crippen LogP contribution in [0.4, 0.5) is 0 Å². The molecule has 4 rings (SSSR count). The van der Waals surface area contributed by atoms with E-state index in [0.717, 1.165) is 31.8 Å². The number of hydrogen-bond donors (Lipinski definition) is 0. The predicted molar refractivity (Wildman–Crippen MR) is 116 cm³/mol. The van der Waals surface area contributed by atoms with E-state index in [-0.39, 0.29) is 11.3 Å². The Labute approximate surface area is 174 Å². The topological polar surface area (TPSA) is 32.8 Å². The summed E-state index contributed by atoms with van der Waals surface area (Å²) in [7, 11) is 5.42. The highest BCUT2D eigenvalue weighted by Gasteiger charge is 2.45. The van der Waals surface area contributed by atoms with Crippen molar-refractivity contribution >= 4 is 5.91 Å². The standard InChI is InChI=1S/C25H32N2O2/c1-26(2)24(28)16-20-17-25(23-7-5-4-6-22(20)23)12-14-27(15-13-25)18-19-8-10-21(29-3)11-9-19/h4-11,20H,12-18H2,1-3H3/t20-/m1/s1. The highest BCUT2D eigenvalue weighted by Crippen LogP contribution is 2.52. The highest BCUT2D eigenvalue weighted by molar-refractivity contribution is 5.77. The van der Waals surface area contributed by atoms with E-state index in [0.29, 0.717) is 12.3 Å². The summed E-state index contributed by atoms with van der Waals surface area (Å²) in [5.41, 5.74) is 4.49. The van der Waals surface area contributed by atoms with Crippen LogP contribution in [-0.2, 0) is 16.8 Å². The minimum atomic E-state index is 0.235. The molecular formula is C25H32N2O2. The second kappa shape index (κ2) is 8.19. The van der Waals surface area contributed by atoms with Crippen LogP contribution in [0.1, 0.15) is 48.3 Å². The summed E-state index contributed by atoms with van der Waals surface area (Å²) in [4.78, 5) is 16.7. The SMILES string of the molecule is COc1ccc(CN2CCC3(CC2)C[C@@H](CC(=O)N(C)C)c2ccccc23)cc1. The van der Waals surface area contributed by atoms with Gasteiger partial charge >= 0.3 is 0 Å². The number of nitrogens with zero attached hydrogens (tertiary/aromatic N) is 2. The molecule has 1 atom stereocenters. The second-order valence-corrected chi connectivity index (χ2v) is 8.89. The van der Waals surface area contributed by atoms with Crippen molar-refractivity contribution in [1.29, 1.82) is 0 Å². The molecule has 0 N–H and O–H groups in total. The largest absolute Gasteiger partial charge is 0.497 e. The molecule has 4 heteroatoms. The first-order valence-electron chi connectivity index (χ1n) is 10.7. The molecule has 0 aromatic heterocycles. The van der Waals surface area contributed by atoms with Crippen LogP contribution < -0.4 is 4.74 Å². The smallest absolute Gasteiger partial charge is 0.222 e. The van der Waals surface area contributed by atoms with Gasteiger partial charge in [-0.2, -0.15) is 0 Å². The molecule has 0 bridgehead atoms. The maximum Gasteiger partial charge on any atom is 0.222 e. The Morgan fingerprint density at radius 1 is 1.10 bits per heavy atom. The summed E-state index contributed by atoms with van der Waals surface area (Å²) in [6.45, 7) is 3.20. The van der Waals surface area contributed by atoms with Crippen LogP contribution >= 0.6 is 0 Å². The van der Waals surface area contributed by atoms with Crippen molar-refractivity contribution in [2.45, 2.75) is 43.6 Å². The minimum absolute atomic E-state index is 0.235. The van der Waals surface area contributed by atoms with Crippen molar-refractivity contribution < 1.29 is 9.53 Å². The van der Waals surface area contributed by atoms with E-state index in [1.807, 2.05) is 26.2 Å². The Morgan fingerprint density at radius 3 is 2.45 bits per heavy atom. The molecular weight excluding hydrogens is 360 g/mol. The molecule has 2 aromatic rings. The Balaban J connectivity index is 1.45. The first-order chi connectivity index (χ1) is 14.0. The number of methoxy groups -OCH3 is 1. The Morgan fingerprint density at radius 2 is 1.79 bits per heavy atom. The second-order valence-electron chi connectivity index (χ2n) is 8.89. The molecule has 0 saturated carbocycles. The van der Waals surface area contributed by atoms with Crippen LogP contribution in [0, 0.1) is 0 Å². The van der Waals surface area contributed by atoms with Crippen LogP contribution in [0.2, 0.25) is 0 Å². The van der Waals surface area contributed by atoms with Gasteiger partial charge in [0, 0.05) is 27.1 Å². The number of carbonyl (C=O) groups excluding carboxylic acids is 1. The predicted octanol–water partition coefficient (Wildman–Crippen LogP) is 4.19. The lowest BCUT2D eigenvalue weighted by molar-refractivity contribution is -0.129. The summed E-state index contributed by atoms with van der Waals surface area (Å²) in [5.74, 6) is 1.50. The molecule has 0 radical (unpaired) electrons. The molecule has 1 aliphatic carbocycles. The van der Waals surface area contributed by atoms with Crippen LogP contribution in [0.3, 0.4) is 0 Å². The quantitative estimate of drug-likeness (QED) is 0.765. The number of amides is 1. The zero-order valence-electron chi connectivity index (χ0n) is 17.9. The van der Waals surface area contributed by atoms with Gasteiger partial charge < -0.3 is 9.64 Å². The number of piperidine rings is 1. The number of hydrogen-bond acceptors (Lipinski definition) is 3. The van der Waals surface area contributed by atoms with E-state index in [4.69, 9.17) is 4.74 Å².